The van der Waals surface area contributed by atoms with Crippen molar-refractivity contribution in [3.05, 3.63) is 35.9 Å². The van der Waals surface area contributed by atoms with Crippen molar-refractivity contribution in [3.63, 3.8) is 0 Å². The summed E-state index contributed by atoms with van der Waals surface area (Å²) in [5, 5.41) is 17.6. The van der Waals surface area contributed by atoms with E-state index in [0.29, 0.717) is 25.8 Å². The van der Waals surface area contributed by atoms with Crippen LogP contribution in [0.3, 0.4) is 0 Å². The molecular formula is C20H29N3O4. The number of nitrogens with one attached hydrogen (secondary N) is 3. The highest BCUT2D eigenvalue weighted by Crippen LogP contribution is 2.30. The standard InChI is InChI=1S/C20H29N3O4/c1-2-3-11-16(17(24)25)22-18(26)20(12-7-8-13-20)23-19(27)21-14-15-9-5-4-6-10-15/h4-6,9-10,16H,2-3,7-8,11-14H2,1H3,(H,22,26)(H,24,25)(H2,21,23,27). The molecule has 0 aliphatic heterocycles. The quantitative estimate of drug-likeness (QED) is 0.532. The van der Waals surface area contributed by atoms with Crippen molar-refractivity contribution in [2.75, 3.05) is 0 Å². The molecule has 1 aromatic rings. The van der Waals surface area contributed by atoms with Gasteiger partial charge in [-0.3, -0.25) is 4.79 Å². The predicted octanol–water partition coefficient (Wildman–Crippen LogP) is 2.56. The fraction of sp³-hybridized carbons (Fsp3) is 0.550. The van der Waals surface area contributed by atoms with Gasteiger partial charge in [-0.05, 0) is 24.8 Å². The number of unbranched alkanes of at least 4 members (excludes halogenated alkanes) is 1. The van der Waals surface area contributed by atoms with E-state index in [2.05, 4.69) is 16.0 Å². The highest BCUT2D eigenvalue weighted by molar-refractivity contribution is 5.93. The smallest absolute Gasteiger partial charge is 0.326 e. The van der Waals surface area contributed by atoms with Gasteiger partial charge in [0, 0.05) is 6.54 Å². The molecule has 0 aromatic heterocycles. The van der Waals surface area contributed by atoms with E-state index >= 15 is 0 Å². The molecule has 148 valence electrons. The van der Waals surface area contributed by atoms with E-state index in [-0.39, 0.29) is 0 Å². The van der Waals surface area contributed by atoms with Gasteiger partial charge >= 0.3 is 12.0 Å². The largest absolute Gasteiger partial charge is 0.480 e. The van der Waals surface area contributed by atoms with Crippen LogP contribution in [0.25, 0.3) is 0 Å². The molecular weight excluding hydrogens is 346 g/mol. The Morgan fingerprint density at radius 1 is 1.15 bits per heavy atom. The molecule has 27 heavy (non-hydrogen) atoms. The van der Waals surface area contributed by atoms with E-state index in [1.165, 1.54) is 0 Å². The van der Waals surface area contributed by atoms with Gasteiger partial charge in [0.05, 0.1) is 0 Å². The van der Waals surface area contributed by atoms with Crippen LogP contribution in [-0.2, 0) is 16.1 Å². The number of hydrogen-bond acceptors (Lipinski definition) is 3. The molecule has 7 nitrogen and oxygen atoms in total. The van der Waals surface area contributed by atoms with Crippen LogP contribution < -0.4 is 16.0 Å². The van der Waals surface area contributed by atoms with Crippen molar-refractivity contribution >= 4 is 17.9 Å². The highest BCUT2D eigenvalue weighted by atomic mass is 16.4. The number of rotatable bonds is 9. The third-order valence-electron chi connectivity index (χ3n) is 4.99. The predicted molar refractivity (Wildman–Crippen MR) is 102 cm³/mol. The molecule has 1 aliphatic rings. The normalized spacial score (nSPS) is 16.3. The summed E-state index contributed by atoms with van der Waals surface area (Å²) >= 11 is 0. The first kappa shape index (κ1) is 20.7. The fourth-order valence-electron chi connectivity index (χ4n) is 3.39. The minimum Gasteiger partial charge on any atom is -0.480 e. The van der Waals surface area contributed by atoms with E-state index in [0.717, 1.165) is 31.2 Å². The zero-order valence-electron chi connectivity index (χ0n) is 15.8. The summed E-state index contributed by atoms with van der Waals surface area (Å²) in [4.78, 5) is 36.6. The Balaban J connectivity index is 1.97. The molecule has 3 amide bonds. The minimum atomic E-state index is -1.04. The maximum atomic E-state index is 12.8. The molecule has 1 fully saturated rings. The summed E-state index contributed by atoms with van der Waals surface area (Å²) in [6.45, 7) is 2.33. The second-order valence-corrected chi connectivity index (χ2v) is 7.09. The molecule has 0 bridgehead atoms. The van der Waals surface area contributed by atoms with Gasteiger partial charge in [-0.25, -0.2) is 9.59 Å². The average molecular weight is 375 g/mol. The topological polar surface area (TPSA) is 108 Å². The molecule has 1 unspecified atom stereocenters. The van der Waals surface area contributed by atoms with Crippen LogP contribution in [0.15, 0.2) is 30.3 Å². The van der Waals surface area contributed by atoms with Gasteiger partial charge in [0.15, 0.2) is 0 Å². The number of urea groups is 1. The van der Waals surface area contributed by atoms with Gasteiger partial charge < -0.3 is 21.1 Å². The Kier molecular flexibility index (Phi) is 7.64. The lowest BCUT2D eigenvalue weighted by molar-refractivity contribution is -0.143. The van der Waals surface area contributed by atoms with Gasteiger partial charge in [0.1, 0.15) is 11.6 Å². The van der Waals surface area contributed by atoms with Crippen LogP contribution in [0.5, 0.6) is 0 Å². The van der Waals surface area contributed by atoms with Crippen molar-refractivity contribution in [1.29, 1.82) is 0 Å². The number of benzene rings is 1. The molecule has 1 atom stereocenters. The molecule has 2 rings (SSSR count). The number of hydrogen-bond donors (Lipinski definition) is 4. The third kappa shape index (κ3) is 5.98. The molecule has 1 saturated carbocycles. The summed E-state index contributed by atoms with van der Waals surface area (Å²) in [6.07, 6.45) is 4.61. The lowest BCUT2D eigenvalue weighted by Gasteiger charge is -2.30. The molecule has 0 radical (unpaired) electrons. The van der Waals surface area contributed by atoms with Gasteiger partial charge in [-0.15, -0.1) is 0 Å². The van der Waals surface area contributed by atoms with E-state index in [4.69, 9.17) is 0 Å². The second-order valence-electron chi connectivity index (χ2n) is 7.09. The first-order chi connectivity index (χ1) is 13.0. The van der Waals surface area contributed by atoms with E-state index in [1.807, 2.05) is 37.3 Å². The number of carboxylic acid groups (broad SMARTS) is 1. The Morgan fingerprint density at radius 3 is 2.41 bits per heavy atom. The van der Waals surface area contributed by atoms with Gasteiger partial charge in [0.25, 0.3) is 0 Å². The van der Waals surface area contributed by atoms with E-state index in [1.54, 1.807) is 0 Å². The molecule has 0 heterocycles. The summed E-state index contributed by atoms with van der Waals surface area (Å²) < 4.78 is 0. The molecule has 0 spiro atoms. The van der Waals surface area contributed by atoms with Gasteiger partial charge in [0.2, 0.25) is 5.91 Å². The summed E-state index contributed by atoms with van der Waals surface area (Å²) in [5.74, 6) is -1.45. The summed E-state index contributed by atoms with van der Waals surface area (Å²) in [7, 11) is 0. The van der Waals surface area contributed by atoms with Crippen LogP contribution in [0.2, 0.25) is 0 Å². The monoisotopic (exact) mass is 375 g/mol. The van der Waals surface area contributed by atoms with Crippen LogP contribution in [0, 0.1) is 0 Å². The number of amides is 3. The van der Waals surface area contributed by atoms with Gasteiger partial charge in [-0.2, -0.15) is 0 Å². The molecule has 4 N–H and O–H groups in total. The lowest BCUT2D eigenvalue weighted by Crippen LogP contribution is -2.61. The second kappa shape index (κ2) is 9.94. The lowest BCUT2D eigenvalue weighted by atomic mass is 9.95. The van der Waals surface area contributed by atoms with Crippen molar-refractivity contribution < 1.29 is 19.5 Å². The first-order valence-corrected chi connectivity index (χ1v) is 9.60. The van der Waals surface area contributed by atoms with Crippen molar-refractivity contribution in [3.8, 4) is 0 Å². The van der Waals surface area contributed by atoms with Crippen LogP contribution in [-0.4, -0.2) is 34.6 Å². The number of carbonyl (C=O) groups excluding carboxylic acids is 2. The van der Waals surface area contributed by atoms with Crippen LogP contribution >= 0.6 is 0 Å². The van der Waals surface area contributed by atoms with Crippen molar-refractivity contribution in [1.82, 2.24) is 16.0 Å². The number of carboxylic acids is 1. The Hall–Kier alpha value is -2.57. The molecule has 0 saturated heterocycles. The Labute approximate surface area is 159 Å². The average Bonchev–Trinajstić information content (AvgIpc) is 3.13. The fourth-order valence-corrected chi connectivity index (χ4v) is 3.39. The summed E-state index contributed by atoms with van der Waals surface area (Å²) in [5.41, 5.74) is -0.0798. The van der Waals surface area contributed by atoms with Crippen molar-refractivity contribution in [2.45, 2.75) is 70.0 Å². The summed E-state index contributed by atoms with van der Waals surface area (Å²) in [6, 6.07) is 8.15. The van der Waals surface area contributed by atoms with Gasteiger partial charge in [-0.1, -0.05) is 62.9 Å². The van der Waals surface area contributed by atoms with Crippen molar-refractivity contribution in [2.24, 2.45) is 0 Å². The molecule has 7 heteroatoms. The third-order valence-corrected chi connectivity index (χ3v) is 4.99. The Bertz CT molecular complexity index is 642. The number of aliphatic carboxylic acids is 1. The maximum absolute atomic E-state index is 12.8. The van der Waals surface area contributed by atoms with E-state index < -0.39 is 29.5 Å². The molecule has 1 aromatic carbocycles. The molecule has 1 aliphatic carbocycles. The Morgan fingerprint density at radius 2 is 1.81 bits per heavy atom. The zero-order valence-corrected chi connectivity index (χ0v) is 15.8. The minimum absolute atomic E-state index is 0.360. The SMILES string of the molecule is CCCCC(NC(=O)C1(NC(=O)NCc2ccccc2)CCCC1)C(=O)O. The number of carbonyl (C=O) groups is 3. The van der Waals surface area contributed by atoms with E-state index in [9.17, 15) is 19.5 Å². The van der Waals surface area contributed by atoms with Crippen LogP contribution in [0.1, 0.15) is 57.4 Å². The highest BCUT2D eigenvalue weighted by Gasteiger charge is 2.43. The maximum Gasteiger partial charge on any atom is 0.326 e. The zero-order chi connectivity index (χ0) is 19.7. The first-order valence-electron chi connectivity index (χ1n) is 9.60. The van der Waals surface area contributed by atoms with Crippen LogP contribution in [0.4, 0.5) is 4.79 Å².